The normalized spacial score (nSPS) is 24.0. The minimum absolute atomic E-state index is 0.119. The first-order valence-corrected chi connectivity index (χ1v) is 11.6. The topological polar surface area (TPSA) is 87.2 Å². The van der Waals surface area contributed by atoms with Gasteiger partial charge in [-0.25, -0.2) is 4.79 Å². The van der Waals surface area contributed by atoms with Gasteiger partial charge in [-0.05, 0) is 69.3 Å². The van der Waals surface area contributed by atoms with Crippen LogP contribution in [0.2, 0.25) is 0 Å². The number of fused-ring (bicyclic) bond motifs is 1. The number of aliphatic hydroxyl groups is 1. The van der Waals surface area contributed by atoms with E-state index in [2.05, 4.69) is 4.90 Å². The molecule has 1 aromatic rings. The van der Waals surface area contributed by atoms with Gasteiger partial charge in [0.25, 0.3) is 0 Å². The Morgan fingerprint density at radius 2 is 1.88 bits per heavy atom. The van der Waals surface area contributed by atoms with Gasteiger partial charge in [-0.2, -0.15) is 0 Å². The number of carbonyl (C=O) groups excluding carboxylic acids is 3. The number of aliphatic hydroxyl groups excluding tert-OH is 1. The molecule has 2 fully saturated rings. The maximum atomic E-state index is 13.4. The van der Waals surface area contributed by atoms with Gasteiger partial charge in [0.2, 0.25) is 5.91 Å². The molecular formula is C25H30N2O5. The van der Waals surface area contributed by atoms with Crippen LogP contribution in [0.15, 0.2) is 23.9 Å². The zero-order chi connectivity index (χ0) is 22.5. The molecule has 1 N–H and O–H groups in total. The van der Waals surface area contributed by atoms with Gasteiger partial charge in [0.05, 0.1) is 17.1 Å². The van der Waals surface area contributed by atoms with Crippen molar-refractivity contribution in [1.29, 1.82) is 0 Å². The highest BCUT2D eigenvalue weighted by atomic mass is 16.5. The smallest absolute Gasteiger partial charge is 0.338 e. The van der Waals surface area contributed by atoms with Crippen molar-refractivity contribution in [2.75, 3.05) is 26.2 Å². The molecule has 32 heavy (non-hydrogen) atoms. The average molecular weight is 439 g/mol. The van der Waals surface area contributed by atoms with Gasteiger partial charge in [0.15, 0.2) is 5.78 Å². The number of nitrogens with zero attached hydrogens (tertiary/aromatic N) is 2. The summed E-state index contributed by atoms with van der Waals surface area (Å²) in [6.45, 7) is 4.95. The van der Waals surface area contributed by atoms with Crippen LogP contribution in [0.4, 0.5) is 0 Å². The van der Waals surface area contributed by atoms with Crippen molar-refractivity contribution >= 4 is 17.7 Å². The Labute approximate surface area is 188 Å². The van der Waals surface area contributed by atoms with Crippen LogP contribution in [0.1, 0.15) is 71.7 Å². The van der Waals surface area contributed by atoms with Gasteiger partial charge in [0.1, 0.15) is 6.61 Å². The third-order valence-corrected chi connectivity index (χ3v) is 7.85. The number of benzene rings is 1. The largest absolute Gasteiger partial charge is 0.457 e. The van der Waals surface area contributed by atoms with Crippen molar-refractivity contribution in [2.24, 2.45) is 5.41 Å². The van der Waals surface area contributed by atoms with Gasteiger partial charge in [-0.15, -0.1) is 0 Å². The van der Waals surface area contributed by atoms with Crippen LogP contribution >= 0.6 is 0 Å². The van der Waals surface area contributed by atoms with Crippen LogP contribution in [0.3, 0.4) is 0 Å². The molecule has 170 valence electrons. The molecule has 3 aliphatic heterocycles. The number of cyclic esters (lactones) is 1. The Balaban J connectivity index is 1.23. The Morgan fingerprint density at radius 3 is 2.59 bits per heavy atom. The lowest BCUT2D eigenvalue weighted by molar-refractivity contribution is -0.147. The van der Waals surface area contributed by atoms with Crippen molar-refractivity contribution < 1.29 is 24.2 Å². The molecule has 7 heteroatoms. The molecule has 0 saturated carbocycles. The predicted octanol–water partition coefficient (Wildman–Crippen LogP) is 2.65. The minimum Gasteiger partial charge on any atom is -0.457 e. The number of carbonyl (C=O) groups is 3. The van der Waals surface area contributed by atoms with Crippen LogP contribution in [0.25, 0.3) is 0 Å². The van der Waals surface area contributed by atoms with Crippen LogP contribution in [0.5, 0.6) is 0 Å². The number of allylic oxidation sites excluding steroid dienone is 2. The molecule has 0 unspecified atom stereocenters. The lowest BCUT2D eigenvalue weighted by Gasteiger charge is -2.47. The van der Waals surface area contributed by atoms with E-state index in [0.717, 1.165) is 61.2 Å². The van der Waals surface area contributed by atoms with E-state index < -0.39 is 6.10 Å². The number of likely N-dealkylation sites (tertiary alicyclic amines) is 2. The van der Waals surface area contributed by atoms with E-state index in [1.165, 1.54) is 0 Å². The number of amides is 1. The molecule has 1 spiro atoms. The standard InChI is InChI=1S/C25H30N2O5/c1-16-19(5-6-20-21(16)15-32-23(20)30)22(29)14-26-11-8-25(9-12-26)7-2-10-27(24(25)31)17-3-4-18(28)13-17/h5-6,13,22,29H,2-4,7-12,14-15H2,1H3/t22-/m0/s1. The van der Waals surface area contributed by atoms with E-state index in [4.69, 9.17) is 4.74 Å². The molecule has 0 aromatic heterocycles. The van der Waals surface area contributed by atoms with Crippen LogP contribution < -0.4 is 0 Å². The highest BCUT2D eigenvalue weighted by Crippen LogP contribution is 2.43. The van der Waals surface area contributed by atoms with Crippen molar-refractivity contribution in [3.63, 3.8) is 0 Å². The number of esters is 1. The summed E-state index contributed by atoms with van der Waals surface area (Å²) in [6, 6.07) is 3.58. The molecule has 4 aliphatic rings. The second kappa shape index (κ2) is 8.12. The molecule has 0 radical (unpaired) electrons. The number of ketones is 1. The van der Waals surface area contributed by atoms with Gasteiger partial charge >= 0.3 is 5.97 Å². The van der Waals surface area contributed by atoms with E-state index in [-0.39, 0.29) is 29.7 Å². The summed E-state index contributed by atoms with van der Waals surface area (Å²) < 4.78 is 5.12. The fraction of sp³-hybridized carbons (Fsp3) is 0.560. The molecule has 5 rings (SSSR count). The Morgan fingerprint density at radius 1 is 1.09 bits per heavy atom. The molecule has 2 saturated heterocycles. The maximum Gasteiger partial charge on any atom is 0.338 e. The lowest BCUT2D eigenvalue weighted by Crippen LogP contribution is -2.53. The average Bonchev–Trinajstić information content (AvgIpc) is 3.38. The second-order valence-electron chi connectivity index (χ2n) is 9.64. The number of hydrogen-bond acceptors (Lipinski definition) is 6. The third-order valence-electron chi connectivity index (χ3n) is 7.85. The number of rotatable bonds is 4. The zero-order valence-electron chi connectivity index (χ0n) is 18.6. The van der Waals surface area contributed by atoms with Gasteiger partial charge in [-0.1, -0.05) is 6.07 Å². The minimum atomic E-state index is -0.654. The molecule has 3 heterocycles. The van der Waals surface area contributed by atoms with E-state index in [1.54, 1.807) is 12.1 Å². The quantitative estimate of drug-likeness (QED) is 0.728. The molecule has 1 amide bonds. The first-order chi connectivity index (χ1) is 15.4. The molecule has 7 nitrogen and oxygen atoms in total. The number of hydrogen-bond donors (Lipinski definition) is 1. The number of piperidine rings is 2. The first-order valence-electron chi connectivity index (χ1n) is 11.6. The van der Waals surface area contributed by atoms with Crippen molar-refractivity contribution in [3.05, 3.63) is 46.2 Å². The predicted molar refractivity (Wildman–Crippen MR) is 117 cm³/mol. The summed E-state index contributed by atoms with van der Waals surface area (Å²) in [7, 11) is 0. The third kappa shape index (κ3) is 3.57. The summed E-state index contributed by atoms with van der Waals surface area (Å²) in [5.74, 6) is 0.00688. The van der Waals surface area contributed by atoms with Crippen molar-refractivity contribution in [2.45, 2.75) is 58.2 Å². The fourth-order valence-electron chi connectivity index (χ4n) is 5.84. The van der Waals surface area contributed by atoms with Crippen LogP contribution in [-0.2, 0) is 20.9 Å². The highest BCUT2D eigenvalue weighted by Gasteiger charge is 2.46. The van der Waals surface area contributed by atoms with Gasteiger partial charge in [-0.3, -0.25) is 9.59 Å². The Kier molecular flexibility index (Phi) is 5.42. The SMILES string of the molecule is Cc1c([C@@H](O)CN2CCC3(CCCN(C4=CC(=O)CC4)C3=O)CC2)ccc2c1COC2=O. The monoisotopic (exact) mass is 438 g/mol. The maximum absolute atomic E-state index is 13.4. The lowest BCUT2D eigenvalue weighted by atomic mass is 9.71. The van der Waals surface area contributed by atoms with Gasteiger partial charge in [0, 0.05) is 36.8 Å². The number of β-amino-alcohol motifs (C(OH)–C–C–N with tert-alkyl or cyclic N) is 1. The molecule has 0 bridgehead atoms. The fourth-order valence-corrected chi connectivity index (χ4v) is 5.84. The van der Waals surface area contributed by atoms with Crippen LogP contribution in [0, 0.1) is 12.3 Å². The molecule has 1 aromatic carbocycles. The molecule has 1 aliphatic carbocycles. The Hall–Kier alpha value is -2.51. The summed E-state index contributed by atoms with van der Waals surface area (Å²) >= 11 is 0. The molecule has 1 atom stereocenters. The van der Waals surface area contributed by atoms with E-state index in [0.29, 0.717) is 31.5 Å². The van der Waals surface area contributed by atoms with Crippen molar-refractivity contribution in [3.8, 4) is 0 Å². The summed E-state index contributed by atoms with van der Waals surface area (Å²) in [4.78, 5) is 40.9. The van der Waals surface area contributed by atoms with Crippen LogP contribution in [-0.4, -0.2) is 58.7 Å². The summed E-state index contributed by atoms with van der Waals surface area (Å²) in [6.07, 6.45) is 5.62. The highest BCUT2D eigenvalue weighted by molar-refractivity contribution is 5.95. The second-order valence-corrected chi connectivity index (χ2v) is 9.64. The van der Waals surface area contributed by atoms with Crippen molar-refractivity contribution in [1.82, 2.24) is 9.80 Å². The van der Waals surface area contributed by atoms with Gasteiger partial charge < -0.3 is 19.6 Å². The Bertz CT molecular complexity index is 1010. The first kappa shape index (κ1) is 21.3. The number of ether oxygens (including phenoxy) is 1. The van der Waals surface area contributed by atoms with E-state index >= 15 is 0 Å². The summed E-state index contributed by atoms with van der Waals surface area (Å²) in [5.41, 5.74) is 3.78. The zero-order valence-corrected chi connectivity index (χ0v) is 18.6. The van der Waals surface area contributed by atoms with E-state index in [9.17, 15) is 19.5 Å². The van der Waals surface area contributed by atoms with E-state index in [1.807, 2.05) is 17.9 Å². The summed E-state index contributed by atoms with van der Waals surface area (Å²) in [5, 5.41) is 10.9. The molecular weight excluding hydrogens is 408 g/mol.